The molecule has 0 atom stereocenters. The zero-order valence-corrected chi connectivity index (χ0v) is 8.76. The van der Waals surface area contributed by atoms with Gasteiger partial charge >= 0.3 is 0 Å². The van der Waals surface area contributed by atoms with Crippen LogP contribution in [0.1, 0.15) is 9.67 Å². The number of hydrogen-bond acceptors (Lipinski definition) is 3. The highest BCUT2D eigenvalue weighted by molar-refractivity contribution is 9.10. The summed E-state index contributed by atoms with van der Waals surface area (Å²) in [6.45, 7) is 0.0825. The molecule has 0 saturated carbocycles. The second-order valence-electron chi connectivity index (χ2n) is 1.72. The number of carbonyl (C=O) groups excluding carboxylic acids is 1. The zero-order chi connectivity index (χ0) is 7.56. The van der Waals surface area contributed by atoms with Crippen molar-refractivity contribution in [3.05, 3.63) is 20.8 Å². The summed E-state index contributed by atoms with van der Waals surface area (Å²) in [6.07, 6.45) is 0. The number of ketones is 1. The zero-order valence-electron chi connectivity index (χ0n) is 5.54. The van der Waals surface area contributed by atoms with Gasteiger partial charge in [-0.15, -0.1) is 23.7 Å². The van der Waals surface area contributed by atoms with Gasteiger partial charge in [-0.05, 0) is 27.4 Å². The minimum atomic E-state index is -0.0122. The Hall–Kier alpha value is 0.1000. The number of carbonyl (C=O) groups is 1. The smallest absolute Gasteiger partial charge is 0.187 e. The Morgan fingerprint density at radius 1 is 1.73 bits per heavy atom. The molecule has 2 nitrogen and oxygen atoms in total. The first-order valence-corrected chi connectivity index (χ1v) is 4.39. The molecule has 0 aromatic carbocycles. The van der Waals surface area contributed by atoms with Gasteiger partial charge in [-0.3, -0.25) is 4.79 Å². The van der Waals surface area contributed by atoms with Gasteiger partial charge in [0.1, 0.15) is 0 Å². The molecule has 0 spiro atoms. The van der Waals surface area contributed by atoms with Crippen LogP contribution < -0.4 is 5.73 Å². The van der Waals surface area contributed by atoms with E-state index in [9.17, 15) is 4.79 Å². The molecule has 0 radical (unpaired) electrons. The van der Waals surface area contributed by atoms with Crippen LogP contribution in [0.5, 0.6) is 0 Å². The van der Waals surface area contributed by atoms with Gasteiger partial charge in [0, 0.05) is 4.47 Å². The maximum atomic E-state index is 11.0. The predicted octanol–water partition coefficient (Wildman–Crippen LogP) is 2.07. The van der Waals surface area contributed by atoms with Gasteiger partial charge in [-0.2, -0.15) is 0 Å². The van der Waals surface area contributed by atoms with E-state index in [1.807, 2.05) is 11.4 Å². The highest BCUT2D eigenvalue weighted by Crippen LogP contribution is 2.22. The third kappa shape index (κ3) is 2.56. The summed E-state index contributed by atoms with van der Waals surface area (Å²) in [5, 5.41) is 1.85. The van der Waals surface area contributed by atoms with Crippen LogP contribution in [0.25, 0.3) is 0 Å². The highest BCUT2D eigenvalue weighted by Gasteiger charge is 2.07. The number of rotatable bonds is 2. The van der Waals surface area contributed by atoms with E-state index in [-0.39, 0.29) is 24.7 Å². The van der Waals surface area contributed by atoms with Crippen molar-refractivity contribution in [1.29, 1.82) is 0 Å². The van der Waals surface area contributed by atoms with E-state index in [0.717, 1.165) is 4.47 Å². The Labute approximate surface area is 83.3 Å². The summed E-state index contributed by atoms with van der Waals surface area (Å²) < 4.78 is 0.841. The van der Waals surface area contributed by atoms with Crippen LogP contribution in [0.3, 0.4) is 0 Å². The quantitative estimate of drug-likeness (QED) is 0.823. The number of halogens is 2. The molecule has 2 N–H and O–H groups in total. The molecule has 5 heteroatoms. The van der Waals surface area contributed by atoms with E-state index in [1.54, 1.807) is 0 Å². The van der Waals surface area contributed by atoms with Gasteiger partial charge in [0.25, 0.3) is 0 Å². The van der Waals surface area contributed by atoms with Crippen LogP contribution in [0.15, 0.2) is 15.9 Å². The standard InChI is InChI=1S/C6H6BrNOS.ClH/c7-4-1-2-10-6(4)5(9)3-8;/h1-2H,3,8H2;1H. The fourth-order valence-electron chi connectivity index (χ4n) is 0.585. The summed E-state index contributed by atoms with van der Waals surface area (Å²) in [7, 11) is 0. The fraction of sp³-hybridized carbons (Fsp3) is 0.167. The van der Waals surface area contributed by atoms with E-state index >= 15 is 0 Å². The second kappa shape index (κ2) is 4.87. The van der Waals surface area contributed by atoms with Crippen LogP contribution in [-0.2, 0) is 0 Å². The number of thiophene rings is 1. The van der Waals surface area contributed by atoms with Crippen molar-refractivity contribution in [3.8, 4) is 0 Å². The molecule has 1 heterocycles. The average molecular weight is 257 g/mol. The van der Waals surface area contributed by atoms with Crippen LogP contribution in [0, 0.1) is 0 Å². The van der Waals surface area contributed by atoms with Gasteiger partial charge in [-0.1, -0.05) is 0 Å². The molecule has 0 amide bonds. The average Bonchev–Trinajstić information content (AvgIpc) is 2.34. The second-order valence-corrected chi connectivity index (χ2v) is 3.50. The predicted molar refractivity (Wildman–Crippen MR) is 52.7 cm³/mol. The Morgan fingerprint density at radius 3 is 2.73 bits per heavy atom. The molecule has 0 bridgehead atoms. The normalized spacial score (nSPS) is 8.91. The molecular weight excluding hydrogens is 249 g/mol. The summed E-state index contributed by atoms with van der Waals surface area (Å²) in [5.41, 5.74) is 5.17. The molecule has 1 rings (SSSR count). The number of Topliss-reactive ketones (excluding diaryl/α,β-unsaturated/α-hetero) is 1. The first-order valence-electron chi connectivity index (χ1n) is 2.72. The van der Waals surface area contributed by atoms with Gasteiger partial charge < -0.3 is 5.73 Å². The van der Waals surface area contributed by atoms with Gasteiger partial charge in [-0.25, -0.2) is 0 Å². The lowest BCUT2D eigenvalue weighted by Crippen LogP contribution is -2.12. The van der Waals surface area contributed by atoms with Crippen LogP contribution >= 0.6 is 39.7 Å². The van der Waals surface area contributed by atoms with Crippen molar-refractivity contribution in [3.63, 3.8) is 0 Å². The lowest BCUT2D eigenvalue weighted by Gasteiger charge is -1.90. The molecule has 1 aromatic rings. The first kappa shape index (κ1) is 11.1. The highest BCUT2D eigenvalue weighted by atomic mass is 79.9. The lowest BCUT2D eigenvalue weighted by molar-refractivity contribution is 0.100. The van der Waals surface area contributed by atoms with E-state index in [2.05, 4.69) is 15.9 Å². The minimum Gasteiger partial charge on any atom is -0.324 e. The molecule has 0 aliphatic rings. The third-order valence-electron chi connectivity index (χ3n) is 1.06. The van der Waals surface area contributed by atoms with Crippen molar-refractivity contribution < 1.29 is 4.79 Å². The number of nitrogens with two attached hydrogens (primary N) is 1. The van der Waals surface area contributed by atoms with E-state index < -0.39 is 0 Å². The van der Waals surface area contributed by atoms with Gasteiger partial charge in [0.05, 0.1) is 11.4 Å². The largest absolute Gasteiger partial charge is 0.324 e. The summed E-state index contributed by atoms with van der Waals surface area (Å²) in [5.74, 6) is -0.0122. The molecule has 1 aromatic heterocycles. The van der Waals surface area contributed by atoms with Crippen LogP contribution in [0.4, 0.5) is 0 Å². The fourth-order valence-corrected chi connectivity index (χ4v) is 2.13. The number of hydrogen-bond donors (Lipinski definition) is 1. The molecular formula is C6H7BrClNOS. The van der Waals surface area contributed by atoms with E-state index in [4.69, 9.17) is 5.73 Å². The first-order chi connectivity index (χ1) is 4.75. The maximum absolute atomic E-state index is 11.0. The van der Waals surface area contributed by atoms with E-state index in [1.165, 1.54) is 11.3 Å². The maximum Gasteiger partial charge on any atom is 0.187 e. The Kier molecular flexibility index (Phi) is 4.92. The summed E-state index contributed by atoms with van der Waals surface area (Å²) >= 11 is 4.65. The third-order valence-corrected chi connectivity index (χ3v) is 2.93. The molecule has 0 saturated heterocycles. The lowest BCUT2D eigenvalue weighted by atomic mass is 10.3. The molecule has 0 unspecified atom stereocenters. The minimum absolute atomic E-state index is 0. The molecule has 0 aliphatic heterocycles. The Morgan fingerprint density at radius 2 is 2.36 bits per heavy atom. The van der Waals surface area contributed by atoms with Crippen molar-refractivity contribution in [2.24, 2.45) is 5.73 Å². The van der Waals surface area contributed by atoms with Crippen molar-refractivity contribution in [2.75, 3.05) is 6.54 Å². The van der Waals surface area contributed by atoms with Crippen molar-refractivity contribution in [2.45, 2.75) is 0 Å². The van der Waals surface area contributed by atoms with Crippen LogP contribution in [-0.4, -0.2) is 12.3 Å². The molecule has 62 valence electrons. The topological polar surface area (TPSA) is 43.1 Å². The van der Waals surface area contributed by atoms with Gasteiger partial charge in [0.15, 0.2) is 5.78 Å². The molecule has 0 fully saturated rings. The Bertz CT molecular complexity index is 250. The summed E-state index contributed by atoms with van der Waals surface area (Å²) in [6, 6.07) is 1.84. The van der Waals surface area contributed by atoms with Crippen molar-refractivity contribution in [1.82, 2.24) is 0 Å². The SMILES string of the molecule is Cl.NCC(=O)c1sccc1Br. The van der Waals surface area contributed by atoms with Crippen LogP contribution in [0.2, 0.25) is 0 Å². The monoisotopic (exact) mass is 255 g/mol. The molecule has 11 heavy (non-hydrogen) atoms. The summed E-state index contributed by atoms with van der Waals surface area (Å²) in [4.78, 5) is 11.7. The van der Waals surface area contributed by atoms with Crippen molar-refractivity contribution >= 4 is 45.5 Å². The van der Waals surface area contributed by atoms with E-state index in [0.29, 0.717) is 4.88 Å². The van der Waals surface area contributed by atoms with Gasteiger partial charge in [0.2, 0.25) is 0 Å². The Balaban J connectivity index is 0.000001000. The molecule has 0 aliphatic carbocycles.